The number of hydrogen-bond donors (Lipinski definition) is 1. The first kappa shape index (κ1) is 13.6. The number of para-hydroxylation sites is 1. The molecule has 6 heteroatoms. The molecule has 0 aliphatic carbocycles. The molecule has 2 heterocycles. The molecule has 0 aliphatic heterocycles. The summed E-state index contributed by atoms with van der Waals surface area (Å²) >= 11 is 1.30. The van der Waals surface area contributed by atoms with Crippen molar-refractivity contribution < 1.29 is 9.21 Å². The average Bonchev–Trinajstić information content (AvgIpc) is 3.06. The summed E-state index contributed by atoms with van der Waals surface area (Å²) in [5.74, 6) is 1.29. The van der Waals surface area contributed by atoms with E-state index in [0.717, 1.165) is 16.7 Å². The Labute approximate surface area is 125 Å². The highest BCUT2D eigenvalue weighted by Gasteiger charge is 2.12. The molecule has 0 aliphatic rings. The number of nitrogens with zero attached hydrogens (tertiary/aromatic N) is 2. The number of anilines is 1. The number of fused-ring (bicyclic) bond motifs is 1. The second-order valence-electron chi connectivity index (χ2n) is 4.31. The van der Waals surface area contributed by atoms with Crippen LogP contribution >= 0.6 is 11.8 Å². The van der Waals surface area contributed by atoms with Gasteiger partial charge in [0.25, 0.3) is 0 Å². The van der Waals surface area contributed by atoms with Gasteiger partial charge >= 0.3 is 0 Å². The fourth-order valence-corrected chi connectivity index (χ4v) is 2.67. The molecule has 0 bridgehead atoms. The van der Waals surface area contributed by atoms with Gasteiger partial charge in [-0.1, -0.05) is 23.9 Å². The van der Waals surface area contributed by atoms with Gasteiger partial charge < -0.3 is 9.73 Å². The molecular formula is C15H13N3O2S. The van der Waals surface area contributed by atoms with Crippen molar-refractivity contribution in [2.45, 2.75) is 5.16 Å². The average molecular weight is 299 g/mol. The number of aromatic nitrogens is 2. The van der Waals surface area contributed by atoms with Gasteiger partial charge in [0.2, 0.25) is 5.78 Å². The van der Waals surface area contributed by atoms with Crippen LogP contribution in [-0.4, -0.2) is 28.6 Å². The largest absolute Gasteiger partial charge is 0.461 e. The highest BCUT2D eigenvalue weighted by atomic mass is 32.2. The van der Waals surface area contributed by atoms with E-state index >= 15 is 0 Å². The lowest BCUT2D eigenvalue weighted by atomic mass is 10.2. The lowest BCUT2D eigenvalue weighted by Gasteiger charge is -2.07. The van der Waals surface area contributed by atoms with Gasteiger partial charge in [0.1, 0.15) is 5.82 Å². The van der Waals surface area contributed by atoms with E-state index in [1.165, 1.54) is 18.0 Å². The maximum Gasteiger partial charge on any atom is 0.208 e. The van der Waals surface area contributed by atoms with E-state index in [9.17, 15) is 4.79 Å². The second-order valence-corrected chi connectivity index (χ2v) is 5.25. The van der Waals surface area contributed by atoms with Crippen molar-refractivity contribution in [3.63, 3.8) is 0 Å². The fraction of sp³-hybridized carbons (Fsp3) is 0.133. The molecule has 0 spiro atoms. The lowest BCUT2D eigenvalue weighted by Crippen LogP contribution is -2.03. The summed E-state index contributed by atoms with van der Waals surface area (Å²) in [4.78, 5) is 20.8. The van der Waals surface area contributed by atoms with Crippen molar-refractivity contribution in [3.8, 4) is 0 Å². The van der Waals surface area contributed by atoms with Gasteiger partial charge in [0.05, 0.1) is 17.5 Å². The molecule has 0 fully saturated rings. The fourth-order valence-electron chi connectivity index (χ4n) is 1.95. The Morgan fingerprint density at radius 3 is 2.86 bits per heavy atom. The minimum absolute atomic E-state index is 0.0761. The number of thioether (sulfide) groups is 1. The number of nitrogens with one attached hydrogen (secondary N) is 1. The summed E-state index contributed by atoms with van der Waals surface area (Å²) in [6.07, 6.45) is 1.49. The Kier molecular flexibility index (Phi) is 3.87. The number of benzene rings is 1. The third-order valence-electron chi connectivity index (χ3n) is 2.95. The van der Waals surface area contributed by atoms with Gasteiger partial charge in [0, 0.05) is 12.4 Å². The first-order valence-corrected chi connectivity index (χ1v) is 7.40. The van der Waals surface area contributed by atoms with Crippen LogP contribution in [0.1, 0.15) is 10.6 Å². The first-order valence-electron chi connectivity index (χ1n) is 6.42. The summed E-state index contributed by atoms with van der Waals surface area (Å²) in [7, 11) is 1.82. The Morgan fingerprint density at radius 1 is 1.24 bits per heavy atom. The minimum Gasteiger partial charge on any atom is -0.461 e. The number of Topliss-reactive ketones (excluding diaryl/α,β-unsaturated/α-hetero) is 1. The minimum atomic E-state index is -0.0761. The van der Waals surface area contributed by atoms with Gasteiger partial charge in [-0.2, -0.15) is 0 Å². The van der Waals surface area contributed by atoms with Gasteiger partial charge in [-0.15, -0.1) is 0 Å². The standard InChI is InChI=1S/C15H13N3O2S/c1-16-14-10-5-2-3-6-11(10)17-15(18-14)21-9-12(19)13-7-4-8-20-13/h2-8H,9H2,1H3,(H,16,17,18). The van der Waals surface area contributed by atoms with Crippen LogP contribution in [0.15, 0.2) is 52.2 Å². The van der Waals surface area contributed by atoms with Crippen molar-refractivity contribution in [2.75, 3.05) is 18.1 Å². The highest BCUT2D eigenvalue weighted by Crippen LogP contribution is 2.24. The Balaban J connectivity index is 1.82. The van der Waals surface area contributed by atoms with Crippen molar-refractivity contribution >= 4 is 34.3 Å². The maximum absolute atomic E-state index is 11.9. The molecule has 2 aromatic heterocycles. The van der Waals surface area contributed by atoms with Crippen molar-refractivity contribution in [1.29, 1.82) is 0 Å². The summed E-state index contributed by atoms with van der Waals surface area (Å²) in [6, 6.07) is 11.1. The quantitative estimate of drug-likeness (QED) is 0.443. The topological polar surface area (TPSA) is 68.0 Å². The smallest absolute Gasteiger partial charge is 0.208 e. The molecular weight excluding hydrogens is 286 g/mol. The third kappa shape index (κ3) is 2.90. The van der Waals surface area contributed by atoms with Crippen LogP contribution in [-0.2, 0) is 0 Å². The number of carbonyl (C=O) groups excluding carboxylic acids is 1. The third-order valence-corrected chi connectivity index (χ3v) is 3.80. The van der Waals surface area contributed by atoms with Gasteiger partial charge in [0.15, 0.2) is 10.9 Å². The molecule has 0 saturated carbocycles. The summed E-state index contributed by atoms with van der Waals surface area (Å²) in [5.41, 5.74) is 0.852. The van der Waals surface area contributed by atoms with Gasteiger partial charge in [-0.25, -0.2) is 9.97 Å². The van der Waals surface area contributed by atoms with Crippen LogP contribution < -0.4 is 5.32 Å². The van der Waals surface area contributed by atoms with Crippen LogP contribution in [0.4, 0.5) is 5.82 Å². The molecule has 0 unspecified atom stereocenters. The molecule has 0 atom stereocenters. The lowest BCUT2D eigenvalue weighted by molar-refractivity contribution is 0.0992. The first-order chi connectivity index (χ1) is 10.3. The Hall–Kier alpha value is -2.34. The van der Waals surface area contributed by atoms with Crippen LogP contribution in [0.2, 0.25) is 0 Å². The molecule has 0 radical (unpaired) electrons. The zero-order valence-corrected chi connectivity index (χ0v) is 12.2. The molecule has 5 nitrogen and oxygen atoms in total. The van der Waals surface area contributed by atoms with E-state index in [0.29, 0.717) is 10.9 Å². The normalized spacial score (nSPS) is 10.7. The van der Waals surface area contributed by atoms with Crippen LogP contribution in [0, 0.1) is 0 Å². The molecule has 3 rings (SSSR count). The number of furan rings is 1. The molecule has 21 heavy (non-hydrogen) atoms. The summed E-state index contributed by atoms with van der Waals surface area (Å²) in [6.45, 7) is 0. The molecule has 1 aromatic carbocycles. The monoisotopic (exact) mass is 299 g/mol. The van der Waals surface area contributed by atoms with Crippen molar-refractivity contribution in [1.82, 2.24) is 9.97 Å². The van der Waals surface area contributed by atoms with Crippen molar-refractivity contribution in [2.24, 2.45) is 0 Å². The summed E-state index contributed by atoms with van der Waals surface area (Å²) < 4.78 is 5.08. The van der Waals surface area contributed by atoms with E-state index in [1.807, 2.05) is 31.3 Å². The van der Waals surface area contributed by atoms with Gasteiger partial charge in [-0.3, -0.25) is 4.79 Å². The molecule has 3 aromatic rings. The molecule has 0 amide bonds. The number of hydrogen-bond acceptors (Lipinski definition) is 6. The van der Waals surface area contributed by atoms with E-state index in [1.54, 1.807) is 12.1 Å². The predicted molar refractivity (Wildman–Crippen MR) is 82.8 cm³/mol. The molecule has 1 N–H and O–H groups in total. The second kappa shape index (κ2) is 5.97. The predicted octanol–water partition coefficient (Wildman–Crippen LogP) is 3.24. The van der Waals surface area contributed by atoms with Crippen LogP contribution in [0.5, 0.6) is 0 Å². The van der Waals surface area contributed by atoms with E-state index in [4.69, 9.17) is 4.42 Å². The van der Waals surface area contributed by atoms with Gasteiger partial charge in [-0.05, 0) is 24.3 Å². The number of ketones is 1. The van der Waals surface area contributed by atoms with E-state index in [-0.39, 0.29) is 11.5 Å². The molecule has 0 saturated heterocycles. The maximum atomic E-state index is 11.9. The van der Waals surface area contributed by atoms with Crippen LogP contribution in [0.3, 0.4) is 0 Å². The Bertz CT molecular complexity index is 772. The Morgan fingerprint density at radius 2 is 2.10 bits per heavy atom. The summed E-state index contributed by atoms with van der Waals surface area (Å²) in [5, 5.41) is 4.59. The molecule has 106 valence electrons. The van der Waals surface area contributed by atoms with Crippen LogP contribution in [0.25, 0.3) is 10.9 Å². The zero-order valence-electron chi connectivity index (χ0n) is 11.4. The SMILES string of the molecule is CNc1nc(SCC(=O)c2ccco2)nc2ccccc12. The number of carbonyl (C=O) groups is 1. The van der Waals surface area contributed by atoms with Crippen molar-refractivity contribution in [3.05, 3.63) is 48.4 Å². The zero-order chi connectivity index (χ0) is 14.7. The highest BCUT2D eigenvalue weighted by molar-refractivity contribution is 7.99. The van der Waals surface area contributed by atoms with E-state index < -0.39 is 0 Å². The van der Waals surface area contributed by atoms with E-state index in [2.05, 4.69) is 15.3 Å². The number of rotatable bonds is 5.